The molecule has 2 rings (SSSR count). The van der Waals surface area contributed by atoms with Gasteiger partial charge in [-0.2, -0.15) is 0 Å². The summed E-state index contributed by atoms with van der Waals surface area (Å²) in [5.41, 5.74) is 2.65. The fourth-order valence-corrected chi connectivity index (χ4v) is 2.06. The smallest absolute Gasteiger partial charge is 0.176 e. The number of aryl methyl sites for hydroxylation is 1. The number of aromatic nitrogens is 4. The third-order valence-corrected chi connectivity index (χ3v) is 2.99. The Balaban J connectivity index is 0.00000180. The van der Waals surface area contributed by atoms with E-state index >= 15 is 0 Å². The van der Waals surface area contributed by atoms with E-state index in [-0.39, 0.29) is 12.4 Å². The lowest BCUT2D eigenvalue weighted by molar-refractivity contribution is 0.583. The van der Waals surface area contributed by atoms with Crippen LogP contribution in [0.5, 0.6) is 0 Å². The van der Waals surface area contributed by atoms with E-state index in [1.54, 1.807) is 6.33 Å². The molecule has 0 aromatic carbocycles. The summed E-state index contributed by atoms with van der Waals surface area (Å²) in [5.74, 6) is 0. The minimum absolute atomic E-state index is 0. The molecule has 5 nitrogen and oxygen atoms in total. The largest absolute Gasteiger partial charge is 0.340 e. The molecule has 0 aliphatic heterocycles. The molecule has 0 spiro atoms. The number of hydrogen-bond acceptors (Lipinski definition) is 3. The first-order valence-electron chi connectivity index (χ1n) is 6.75. The van der Waals surface area contributed by atoms with Crippen LogP contribution in [0.2, 0.25) is 0 Å². The Bertz CT molecular complexity index is 557. The van der Waals surface area contributed by atoms with Crippen LogP contribution in [0.3, 0.4) is 0 Å². The highest BCUT2D eigenvalue weighted by atomic mass is 35.5. The summed E-state index contributed by atoms with van der Waals surface area (Å²) in [6, 6.07) is 0. The molecule has 0 radical (unpaired) electrons. The van der Waals surface area contributed by atoms with E-state index in [1.807, 2.05) is 13.3 Å². The second-order valence-electron chi connectivity index (χ2n) is 4.40. The third kappa shape index (κ3) is 3.80. The molecule has 0 amide bonds. The number of nitrogens with one attached hydrogen (secondary N) is 1. The maximum Gasteiger partial charge on any atom is 0.176 e. The first-order chi connectivity index (χ1) is 8.86. The van der Waals surface area contributed by atoms with Crippen molar-refractivity contribution in [2.24, 2.45) is 4.99 Å². The van der Waals surface area contributed by atoms with Gasteiger partial charge in [0.1, 0.15) is 5.52 Å². The number of fused-ring (bicyclic) bond motifs is 1. The molecule has 0 atom stereocenters. The van der Waals surface area contributed by atoms with E-state index in [0.717, 1.165) is 29.7 Å². The van der Waals surface area contributed by atoms with Crippen molar-refractivity contribution in [1.29, 1.82) is 0 Å². The number of hydrogen-bond donors (Lipinski definition) is 1. The van der Waals surface area contributed by atoms with Crippen LogP contribution in [-0.2, 0) is 6.54 Å². The Kier molecular flexibility index (Phi) is 6.56. The summed E-state index contributed by atoms with van der Waals surface area (Å²) in [4.78, 5) is 16.2. The number of aromatic amines is 1. The van der Waals surface area contributed by atoms with Crippen molar-refractivity contribution in [2.45, 2.75) is 46.1 Å². The van der Waals surface area contributed by atoms with E-state index < -0.39 is 0 Å². The predicted molar refractivity (Wildman–Crippen MR) is 79.4 cm³/mol. The normalized spacial score (nSPS) is 11.8. The van der Waals surface area contributed by atoms with Gasteiger partial charge < -0.3 is 9.55 Å². The van der Waals surface area contributed by atoms with Crippen molar-refractivity contribution in [3.63, 3.8) is 0 Å². The van der Waals surface area contributed by atoms with E-state index in [2.05, 4.69) is 31.4 Å². The van der Waals surface area contributed by atoms with Gasteiger partial charge in [0.2, 0.25) is 0 Å². The van der Waals surface area contributed by atoms with Gasteiger partial charge in [-0.15, -0.1) is 12.4 Å². The number of imidazole rings is 1. The zero-order chi connectivity index (χ0) is 12.8. The highest BCUT2D eigenvalue weighted by Gasteiger charge is 2.04. The third-order valence-electron chi connectivity index (χ3n) is 2.99. The average Bonchev–Trinajstić information content (AvgIpc) is 2.86. The molecular formula is C13H22ClN5. The lowest BCUT2D eigenvalue weighted by Crippen LogP contribution is -2.14. The molecule has 0 saturated heterocycles. The van der Waals surface area contributed by atoms with Gasteiger partial charge in [0, 0.05) is 13.1 Å². The van der Waals surface area contributed by atoms with E-state index in [4.69, 9.17) is 0 Å². The van der Waals surface area contributed by atoms with E-state index in [0.29, 0.717) is 0 Å². The predicted octanol–water partition coefficient (Wildman–Crippen LogP) is 2.68. The van der Waals surface area contributed by atoms with Gasteiger partial charge in [0.15, 0.2) is 11.1 Å². The molecule has 2 aromatic heterocycles. The van der Waals surface area contributed by atoms with Gasteiger partial charge in [-0.25, -0.2) is 9.97 Å². The molecule has 2 aromatic rings. The maximum absolute atomic E-state index is 4.39. The van der Waals surface area contributed by atoms with Crippen molar-refractivity contribution < 1.29 is 0 Å². The number of halogens is 1. The Morgan fingerprint density at radius 2 is 2.05 bits per heavy atom. The summed E-state index contributed by atoms with van der Waals surface area (Å²) in [7, 11) is 0. The van der Waals surface area contributed by atoms with Crippen LogP contribution in [0.25, 0.3) is 11.2 Å². The molecule has 0 aliphatic rings. The van der Waals surface area contributed by atoms with E-state index in [1.165, 1.54) is 25.7 Å². The molecular weight excluding hydrogens is 262 g/mol. The van der Waals surface area contributed by atoms with Crippen molar-refractivity contribution in [3.8, 4) is 0 Å². The fourth-order valence-electron chi connectivity index (χ4n) is 2.06. The number of nitrogens with zero attached hydrogens (tertiary/aromatic N) is 4. The molecule has 0 unspecified atom stereocenters. The Labute approximate surface area is 119 Å². The summed E-state index contributed by atoms with van der Waals surface area (Å²) >= 11 is 0. The van der Waals surface area contributed by atoms with Crippen LogP contribution >= 0.6 is 12.4 Å². The lowest BCUT2D eigenvalue weighted by Gasteiger charge is -2.06. The molecule has 19 heavy (non-hydrogen) atoms. The molecule has 106 valence electrons. The van der Waals surface area contributed by atoms with Crippen molar-refractivity contribution in [2.75, 3.05) is 6.54 Å². The van der Waals surface area contributed by atoms with Crippen LogP contribution in [0.4, 0.5) is 0 Å². The van der Waals surface area contributed by atoms with Crippen LogP contribution < -0.4 is 5.49 Å². The van der Waals surface area contributed by atoms with Gasteiger partial charge in [0.25, 0.3) is 0 Å². The second kappa shape index (κ2) is 7.94. The van der Waals surface area contributed by atoms with Gasteiger partial charge in [-0.3, -0.25) is 4.99 Å². The minimum atomic E-state index is 0. The fraction of sp³-hybridized carbons (Fsp3) is 0.615. The zero-order valence-electron chi connectivity index (χ0n) is 11.6. The van der Waals surface area contributed by atoms with Crippen LogP contribution in [0.1, 0.15) is 39.5 Å². The van der Waals surface area contributed by atoms with Gasteiger partial charge in [-0.1, -0.05) is 26.2 Å². The van der Waals surface area contributed by atoms with Gasteiger partial charge in [-0.05, 0) is 13.3 Å². The highest BCUT2D eigenvalue weighted by Crippen LogP contribution is 2.06. The number of unbranched alkanes of at least 4 members (excludes halogenated alkanes) is 3. The van der Waals surface area contributed by atoms with E-state index in [9.17, 15) is 0 Å². The van der Waals surface area contributed by atoms with Gasteiger partial charge in [0.05, 0.1) is 12.7 Å². The summed E-state index contributed by atoms with van der Waals surface area (Å²) in [5, 5.41) is 0. The van der Waals surface area contributed by atoms with Crippen LogP contribution in [0, 0.1) is 0 Å². The van der Waals surface area contributed by atoms with Crippen LogP contribution in [0.15, 0.2) is 17.6 Å². The van der Waals surface area contributed by atoms with Gasteiger partial charge >= 0.3 is 0 Å². The van der Waals surface area contributed by atoms with Crippen molar-refractivity contribution in [3.05, 3.63) is 18.1 Å². The Hall–Kier alpha value is -1.36. The monoisotopic (exact) mass is 283 g/mol. The quantitative estimate of drug-likeness (QED) is 0.829. The number of H-pyrrole nitrogens is 1. The zero-order valence-corrected chi connectivity index (χ0v) is 12.4. The van der Waals surface area contributed by atoms with Crippen molar-refractivity contribution in [1.82, 2.24) is 19.5 Å². The van der Waals surface area contributed by atoms with Crippen molar-refractivity contribution >= 4 is 23.6 Å². The molecule has 1 N–H and O–H groups in total. The standard InChI is InChI=1S/C13H21N5.ClH/c1-3-5-6-7-8-18-10-17-12(14-4-2)11-13(18)16-9-15-11;/h9-10H,3-8H2,1-2H3,(H,15,16);1H. The summed E-state index contributed by atoms with van der Waals surface area (Å²) in [6.07, 6.45) is 8.55. The maximum atomic E-state index is 4.39. The summed E-state index contributed by atoms with van der Waals surface area (Å²) in [6.45, 7) is 5.94. The topological polar surface area (TPSA) is 58.9 Å². The highest BCUT2D eigenvalue weighted by molar-refractivity contribution is 5.85. The Morgan fingerprint density at radius 3 is 2.79 bits per heavy atom. The minimum Gasteiger partial charge on any atom is -0.340 e. The average molecular weight is 284 g/mol. The molecule has 0 saturated carbocycles. The summed E-state index contributed by atoms with van der Waals surface area (Å²) < 4.78 is 2.11. The molecule has 2 heterocycles. The first kappa shape index (κ1) is 15.7. The molecule has 0 bridgehead atoms. The Morgan fingerprint density at radius 1 is 1.21 bits per heavy atom. The molecule has 6 heteroatoms. The molecule has 0 aliphatic carbocycles. The van der Waals surface area contributed by atoms with Crippen LogP contribution in [-0.4, -0.2) is 26.1 Å². The SMILES string of the molecule is CCCCCCn1cnc(=NCC)c2[nH]cnc21.Cl. The number of rotatable bonds is 6. The lowest BCUT2D eigenvalue weighted by atomic mass is 10.2. The molecule has 0 fully saturated rings. The second-order valence-corrected chi connectivity index (χ2v) is 4.40. The first-order valence-corrected chi connectivity index (χ1v) is 6.75.